The molecular weight excluding hydrogens is 368 g/mol. The van der Waals surface area contributed by atoms with E-state index in [1.807, 2.05) is 36.4 Å². The molecule has 1 aromatic heterocycles. The molecule has 1 aliphatic heterocycles. The minimum Gasteiger partial charge on any atom is -0.481 e. The topological polar surface area (TPSA) is 83.6 Å². The summed E-state index contributed by atoms with van der Waals surface area (Å²) in [6, 6.07) is 16.8. The zero-order chi connectivity index (χ0) is 20.4. The van der Waals surface area contributed by atoms with E-state index in [1.54, 1.807) is 36.2 Å². The van der Waals surface area contributed by atoms with Gasteiger partial charge in [-0.2, -0.15) is 0 Å². The second-order valence-corrected chi connectivity index (χ2v) is 7.64. The first kappa shape index (κ1) is 18.9. The molecule has 2 heterocycles. The molecule has 1 amide bonds. The van der Waals surface area contributed by atoms with Gasteiger partial charge in [-0.25, -0.2) is 4.98 Å². The summed E-state index contributed by atoms with van der Waals surface area (Å²) < 4.78 is 5.94. The number of hydrogen-bond donors (Lipinski definition) is 1. The van der Waals surface area contributed by atoms with Gasteiger partial charge in [-0.3, -0.25) is 9.59 Å². The van der Waals surface area contributed by atoms with E-state index in [2.05, 4.69) is 4.98 Å². The van der Waals surface area contributed by atoms with Gasteiger partial charge in [-0.15, -0.1) is 0 Å². The third kappa shape index (κ3) is 3.66. The van der Waals surface area contributed by atoms with Gasteiger partial charge in [0.15, 0.2) is 5.76 Å². The number of nitrogens with zero attached hydrogens (tertiary/aromatic N) is 2. The van der Waals surface area contributed by atoms with E-state index in [1.165, 1.54) is 0 Å². The van der Waals surface area contributed by atoms with E-state index >= 15 is 0 Å². The maximum Gasteiger partial charge on any atom is 0.311 e. The fourth-order valence-corrected chi connectivity index (χ4v) is 3.75. The molecule has 3 aromatic rings. The number of hydrogen-bond acceptors (Lipinski definition) is 4. The molecule has 0 bridgehead atoms. The van der Waals surface area contributed by atoms with Gasteiger partial charge in [0, 0.05) is 24.2 Å². The first-order valence-corrected chi connectivity index (χ1v) is 9.61. The van der Waals surface area contributed by atoms with Crippen molar-refractivity contribution >= 4 is 11.9 Å². The van der Waals surface area contributed by atoms with E-state index in [9.17, 15) is 14.7 Å². The van der Waals surface area contributed by atoms with Crippen molar-refractivity contribution in [2.75, 3.05) is 13.1 Å². The second kappa shape index (κ2) is 7.54. The average molecular weight is 390 g/mol. The molecule has 0 saturated carbocycles. The quantitative estimate of drug-likeness (QED) is 0.717. The first-order chi connectivity index (χ1) is 14.0. The number of oxazole rings is 1. The Bertz CT molecular complexity index is 1040. The zero-order valence-corrected chi connectivity index (χ0v) is 16.2. The molecule has 1 saturated heterocycles. The van der Waals surface area contributed by atoms with Crippen LogP contribution in [-0.2, 0) is 4.79 Å². The number of amides is 1. The molecular formula is C23H22N2O4. The van der Waals surface area contributed by atoms with Gasteiger partial charge in [-0.1, -0.05) is 42.5 Å². The van der Waals surface area contributed by atoms with Crippen LogP contribution in [0.5, 0.6) is 0 Å². The molecule has 1 unspecified atom stereocenters. The number of carbonyl (C=O) groups is 2. The van der Waals surface area contributed by atoms with Crippen LogP contribution in [0, 0.1) is 5.41 Å². The van der Waals surface area contributed by atoms with Gasteiger partial charge in [0.1, 0.15) is 0 Å². The van der Waals surface area contributed by atoms with Crippen LogP contribution in [0.25, 0.3) is 22.8 Å². The fourth-order valence-electron chi connectivity index (χ4n) is 3.75. The lowest BCUT2D eigenvalue weighted by Crippen LogP contribution is -2.48. The number of carboxylic acids is 1. The maximum atomic E-state index is 13.2. The van der Waals surface area contributed by atoms with Gasteiger partial charge in [0.05, 0.1) is 17.2 Å². The van der Waals surface area contributed by atoms with Gasteiger partial charge < -0.3 is 14.4 Å². The molecule has 4 rings (SSSR count). The van der Waals surface area contributed by atoms with Crippen molar-refractivity contribution in [2.45, 2.75) is 19.8 Å². The Morgan fingerprint density at radius 3 is 2.59 bits per heavy atom. The Labute approximate surface area is 168 Å². The average Bonchev–Trinajstić information content (AvgIpc) is 3.24. The van der Waals surface area contributed by atoms with E-state index in [0.29, 0.717) is 42.2 Å². The van der Waals surface area contributed by atoms with Crippen LogP contribution in [0.2, 0.25) is 0 Å². The summed E-state index contributed by atoms with van der Waals surface area (Å²) in [5.41, 5.74) is 1.04. The minimum atomic E-state index is -0.924. The van der Waals surface area contributed by atoms with Crippen LogP contribution in [0.1, 0.15) is 30.1 Å². The van der Waals surface area contributed by atoms with E-state index in [0.717, 1.165) is 5.56 Å². The molecule has 148 valence electrons. The molecule has 0 radical (unpaired) electrons. The minimum absolute atomic E-state index is 0.191. The van der Waals surface area contributed by atoms with Crippen molar-refractivity contribution < 1.29 is 19.1 Å². The van der Waals surface area contributed by atoms with Gasteiger partial charge >= 0.3 is 5.97 Å². The zero-order valence-electron chi connectivity index (χ0n) is 16.2. The lowest BCUT2D eigenvalue weighted by molar-refractivity contribution is -0.150. The third-order valence-electron chi connectivity index (χ3n) is 5.45. The molecule has 6 heteroatoms. The summed E-state index contributed by atoms with van der Waals surface area (Å²) in [4.78, 5) is 30.9. The predicted octanol–water partition coefficient (Wildman–Crippen LogP) is 4.34. The molecule has 1 atom stereocenters. The van der Waals surface area contributed by atoms with Crippen LogP contribution in [-0.4, -0.2) is 40.0 Å². The largest absolute Gasteiger partial charge is 0.481 e. The van der Waals surface area contributed by atoms with Crippen molar-refractivity contribution in [3.8, 4) is 22.8 Å². The SMILES string of the molecule is CC1(C(=O)O)CCCN(C(=O)c2ccccc2-c2ncc(-c3ccccc3)o2)C1. The molecule has 0 spiro atoms. The number of benzene rings is 2. The number of rotatable bonds is 4. The Morgan fingerprint density at radius 2 is 1.83 bits per heavy atom. The van der Waals surface area contributed by atoms with Crippen molar-refractivity contribution in [2.24, 2.45) is 5.41 Å². The standard InChI is InChI=1S/C23H22N2O4/c1-23(22(27)28)12-7-13-25(15-23)21(26)18-11-6-5-10-17(18)20-24-14-19(29-20)16-8-3-2-4-9-16/h2-6,8-11,14H,7,12-13,15H2,1H3,(H,27,28). The normalized spacial score (nSPS) is 19.1. The number of aliphatic carboxylic acids is 1. The Hall–Kier alpha value is -3.41. The van der Waals surface area contributed by atoms with E-state index in [4.69, 9.17) is 4.42 Å². The molecule has 29 heavy (non-hydrogen) atoms. The van der Waals surface area contributed by atoms with Crippen molar-refractivity contribution in [3.63, 3.8) is 0 Å². The molecule has 0 aliphatic carbocycles. The summed E-state index contributed by atoms with van der Waals surface area (Å²) >= 11 is 0. The monoisotopic (exact) mass is 390 g/mol. The summed E-state index contributed by atoms with van der Waals surface area (Å²) in [5.74, 6) is -0.0826. The van der Waals surface area contributed by atoms with Gasteiger partial charge in [-0.05, 0) is 31.9 Å². The summed E-state index contributed by atoms with van der Waals surface area (Å²) in [7, 11) is 0. The number of carboxylic acid groups (broad SMARTS) is 1. The Kier molecular flexibility index (Phi) is 4.92. The third-order valence-corrected chi connectivity index (χ3v) is 5.45. The first-order valence-electron chi connectivity index (χ1n) is 9.61. The predicted molar refractivity (Wildman–Crippen MR) is 108 cm³/mol. The highest BCUT2D eigenvalue weighted by Crippen LogP contribution is 2.33. The molecule has 1 N–H and O–H groups in total. The summed E-state index contributed by atoms with van der Waals surface area (Å²) in [6.45, 7) is 2.42. The second-order valence-electron chi connectivity index (χ2n) is 7.64. The molecule has 2 aromatic carbocycles. The molecule has 1 aliphatic rings. The number of aromatic nitrogens is 1. The van der Waals surface area contributed by atoms with Crippen LogP contribution in [0.15, 0.2) is 65.2 Å². The highest BCUT2D eigenvalue weighted by Gasteiger charge is 2.40. The summed E-state index contributed by atoms with van der Waals surface area (Å²) in [6.07, 6.45) is 2.87. The van der Waals surface area contributed by atoms with Crippen molar-refractivity contribution in [1.29, 1.82) is 0 Å². The van der Waals surface area contributed by atoms with Crippen molar-refractivity contribution in [1.82, 2.24) is 9.88 Å². The lowest BCUT2D eigenvalue weighted by atomic mass is 9.82. The van der Waals surface area contributed by atoms with Crippen LogP contribution in [0.3, 0.4) is 0 Å². The summed E-state index contributed by atoms with van der Waals surface area (Å²) in [5, 5.41) is 9.55. The molecule has 6 nitrogen and oxygen atoms in total. The number of carbonyl (C=O) groups excluding carboxylic acids is 1. The number of likely N-dealkylation sites (tertiary alicyclic amines) is 1. The van der Waals surface area contributed by atoms with Crippen LogP contribution in [0.4, 0.5) is 0 Å². The van der Waals surface area contributed by atoms with Gasteiger partial charge in [0.25, 0.3) is 5.91 Å². The van der Waals surface area contributed by atoms with Crippen LogP contribution >= 0.6 is 0 Å². The highest BCUT2D eigenvalue weighted by atomic mass is 16.4. The van der Waals surface area contributed by atoms with E-state index < -0.39 is 11.4 Å². The number of piperidine rings is 1. The fraction of sp³-hybridized carbons (Fsp3) is 0.261. The smallest absolute Gasteiger partial charge is 0.311 e. The van der Waals surface area contributed by atoms with E-state index in [-0.39, 0.29) is 12.5 Å². The van der Waals surface area contributed by atoms with Crippen molar-refractivity contribution in [3.05, 3.63) is 66.4 Å². The Balaban J connectivity index is 1.65. The Morgan fingerprint density at radius 1 is 1.10 bits per heavy atom. The van der Waals surface area contributed by atoms with Gasteiger partial charge in [0.2, 0.25) is 5.89 Å². The lowest BCUT2D eigenvalue weighted by Gasteiger charge is -2.37. The highest BCUT2D eigenvalue weighted by molar-refractivity contribution is 6.00. The maximum absolute atomic E-state index is 13.2. The van der Waals surface area contributed by atoms with Crippen LogP contribution < -0.4 is 0 Å². The molecule has 1 fully saturated rings.